The van der Waals surface area contributed by atoms with E-state index >= 15 is 0 Å². The largest absolute Gasteiger partial charge is 0.363 e. The summed E-state index contributed by atoms with van der Waals surface area (Å²) in [6.45, 7) is 0.721. The molecule has 6 atom stereocenters. The highest BCUT2D eigenvalue weighted by Gasteiger charge is 2.47. The van der Waals surface area contributed by atoms with Gasteiger partial charge in [0.15, 0.2) is 0 Å². The summed E-state index contributed by atoms with van der Waals surface area (Å²) in [4.78, 5) is 63.5. The van der Waals surface area contributed by atoms with Crippen LogP contribution in [0.3, 0.4) is 0 Å². The Morgan fingerprint density at radius 2 is 1.80 bits per heavy atom. The minimum atomic E-state index is -4.98. The van der Waals surface area contributed by atoms with Gasteiger partial charge in [0.1, 0.15) is 12.1 Å². The molecular formula is C32H34FN4O6PS. The molecule has 13 heteroatoms. The van der Waals surface area contributed by atoms with Gasteiger partial charge in [-0.05, 0) is 60.4 Å². The summed E-state index contributed by atoms with van der Waals surface area (Å²) in [5, 5.41) is 13.2. The molecule has 4 heterocycles. The Morgan fingerprint density at radius 3 is 2.53 bits per heavy atom. The summed E-state index contributed by atoms with van der Waals surface area (Å²) in [5.41, 5.74) is 0.832. The maximum absolute atomic E-state index is 14.3. The number of alkyl halides is 1. The number of carbonyl (C=O) groups excluding carboxylic acids is 3. The molecule has 3 aliphatic heterocycles. The normalized spacial score (nSPS) is 26.2. The van der Waals surface area contributed by atoms with Gasteiger partial charge in [0, 0.05) is 29.7 Å². The highest BCUT2D eigenvalue weighted by atomic mass is 32.1. The number of thiophene rings is 1. The average molecular weight is 653 g/mol. The number of hydrogen-bond donors (Lipinski definition) is 3. The zero-order valence-corrected chi connectivity index (χ0v) is 26.1. The molecule has 3 saturated heterocycles. The molecule has 0 radical (unpaired) electrons. The van der Waals surface area contributed by atoms with Gasteiger partial charge in [0.05, 0.1) is 16.9 Å². The monoisotopic (exact) mass is 652 g/mol. The summed E-state index contributed by atoms with van der Waals surface area (Å²) < 4.78 is 26.3. The van der Waals surface area contributed by atoms with Crippen LogP contribution in [0.1, 0.15) is 71.2 Å². The van der Waals surface area contributed by atoms with Crippen LogP contribution in [0.25, 0.3) is 10.1 Å². The van der Waals surface area contributed by atoms with Gasteiger partial charge in [-0.15, -0.1) is 11.3 Å². The first-order valence-electron chi connectivity index (χ1n) is 15.1. The molecule has 0 unspecified atom stereocenters. The second-order valence-electron chi connectivity index (χ2n) is 12.1. The number of carbonyl (C=O) groups is 3. The molecular weight excluding hydrogens is 618 g/mol. The van der Waals surface area contributed by atoms with Crippen molar-refractivity contribution >= 4 is 46.7 Å². The molecule has 1 aromatic heterocycles. The lowest BCUT2D eigenvalue weighted by molar-refractivity contribution is -0.146. The van der Waals surface area contributed by atoms with Crippen molar-refractivity contribution < 1.29 is 33.1 Å². The molecule has 6 rings (SSSR count). The Labute approximate surface area is 264 Å². The molecule has 0 spiro atoms. The smallest absolute Gasteiger partial charge is 0.340 e. The Morgan fingerprint density at radius 1 is 1.04 bits per heavy atom. The number of nitriles is 1. The average Bonchev–Trinajstić information content (AvgIpc) is 3.77. The van der Waals surface area contributed by atoms with Gasteiger partial charge in [-0.2, -0.15) is 5.26 Å². The fourth-order valence-corrected chi connectivity index (χ4v) is 8.51. The molecule has 0 aliphatic carbocycles. The number of fused-ring (bicyclic) bond motifs is 2. The van der Waals surface area contributed by atoms with Crippen LogP contribution in [0.4, 0.5) is 4.39 Å². The van der Waals surface area contributed by atoms with Crippen molar-refractivity contribution in [3.05, 3.63) is 70.6 Å². The Hall–Kier alpha value is -3.62. The predicted molar refractivity (Wildman–Crippen MR) is 166 cm³/mol. The SMILES string of the molecule is N#C[C@@H]1CN(C(=O)[C@@H]2CC[C@@H]3CCCC[C@H](NC(=O)c4cc5cc([C@H](F)P(=O)(O)O)ccc5s4)C(=O)N32)C[C@H]1c1ccccc1. The van der Waals surface area contributed by atoms with Crippen molar-refractivity contribution in [3.8, 4) is 6.07 Å². The molecule has 236 valence electrons. The van der Waals surface area contributed by atoms with Gasteiger partial charge in [-0.25, -0.2) is 4.39 Å². The standard InChI is InChI=1S/C32H34FN4O6PS/c33-29(44(41,42)43)20-10-13-27-21(14-20)15-28(45-27)30(38)35-25-9-5-4-8-23-11-12-26(37(23)31(25)39)32(40)36-17-22(16-34)24(18-36)19-6-2-1-3-7-19/h1-3,6-7,10,13-15,22-26,29H,4-5,8-9,11-12,17-18H2,(H,35,38)(H2,41,42,43)/t22-,23+,24+,25+,26+,29-/m1/s1. The van der Waals surface area contributed by atoms with E-state index in [0.717, 1.165) is 36.2 Å². The van der Waals surface area contributed by atoms with Gasteiger partial charge >= 0.3 is 7.60 Å². The van der Waals surface area contributed by atoms with Crippen molar-refractivity contribution in [2.24, 2.45) is 5.92 Å². The number of halogens is 1. The number of nitrogens with one attached hydrogen (secondary N) is 1. The molecule has 0 saturated carbocycles. The molecule has 45 heavy (non-hydrogen) atoms. The lowest BCUT2D eigenvalue weighted by atomic mass is 9.90. The maximum Gasteiger partial charge on any atom is 0.363 e. The zero-order chi connectivity index (χ0) is 31.9. The number of benzene rings is 2. The van der Waals surface area contributed by atoms with E-state index in [1.165, 1.54) is 24.3 Å². The van der Waals surface area contributed by atoms with Crippen LogP contribution in [0.15, 0.2) is 54.6 Å². The molecule has 3 aromatic rings. The second-order valence-corrected chi connectivity index (χ2v) is 14.8. The molecule has 3 fully saturated rings. The highest BCUT2D eigenvalue weighted by molar-refractivity contribution is 7.51. The van der Waals surface area contributed by atoms with E-state index in [4.69, 9.17) is 0 Å². The van der Waals surface area contributed by atoms with E-state index in [1.54, 1.807) is 9.80 Å². The van der Waals surface area contributed by atoms with Crippen molar-refractivity contribution in [2.75, 3.05) is 13.1 Å². The van der Waals surface area contributed by atoms with Crippen molar-refractivity contribution in [2.45, 2.75) is 68.5 Å². The first kappa shape index (κ1) is 31.4. The van der Waals surface area contributed by atoms with Gasteiger partial charge < -0.3 is 24.9 Å². The summed E-state index contributed by atoms with van der Waals surface area (Å²) in [6.07, 6.45) is 4.03. The van der Waals surface area contributed by atoms with Crippen molar-refractivity contribution in [3.63, 3.8) is 0 Å². The van der Waals surface area contributed by atoms with Crippen molar-refractivity contribution in [1.29, 1.82) is 5.26 Å². The fraction of sp³-hybridized carbons (Fsp3) is 0.438. The third-order valence-corrected chi connectivity index (χ3v) is 11.3. The van der Waals surface area contributed by atoms with Gasteiger partial charge in [0.25, 0.3) is 5.91 Å². The fourth-order valence-electron chi connectivity index (χ4n) is 7.02. The molecule has 3 amide bonds. The predicted octanol–water partition coefficient (Wildman–Crippen LogP) is 4.84. The first-order chi connectivity index (χ1) is 21.5. The molecule has 0 bridgehead atoms. The van der Waals surface area contributed by atoms with Crippen LogP contribution < -0.4 is 5.32 Å². The zero-order valence-electron chi connectivity index (χ0n) is 24.4. The Balaban J connectivity index is 1.18. The van der Waals surface area contributed by atoms with Crippen LogP contribution in [-0.2, 0) is 14.2 Å². The van der Waals surface area contributed by atoms with Crippen LogP contribution >= 0.6 is 18.9 Å². The quantitative estimate of drug-likeness (QED) is 0.322. The highest BCUT2D eigenvalue weighted by Crippen LogP contribution is 2.53. The Bertz CT molecular complexity index is 1710. The minimum absolute atomic E-state index is 0.0996. The minimum Gasteiger partial charge on any atom is -0.340 e. The molecule has 3 aliphatic rings. The lowest BCUT2D eigenvalue weighted by Gasteiger charge is -2.36. The maximum atomic E-state index is 14.3. The van der Waals surface area contributed by atoms with Gasteiger partial charge in [0.2, 0.25) is 17.7 Å². The van der Waals surface area contributed by atoms with Crippen LogP contribution in [-0.4, -0.2) is 68.5 Å². The van der Waals surface area contributed by atoms with Gasteiger partial charge in [-0.1, -0.05) is 49.2 Å². The third-order valence-electron chi connectivity index (χ3n) is 9.29. The van der Waals surface area contributed by atoms with E-state index in [2.05, 4.69) is 11.4 Å². The third kappa shape index (κ3) is 6.27. The van der Waals surface area contributed by atoms with E-state index in [9.17, 15) is 38.4 Å². The number of rotatable bonds is 6. The number of nitrogens with zero attached hydrogens (tertiary/aromatic N) is 3. The summed E-state index contributed by atoms with van der Waals surface area (Å²) in [7, 11) is -4.98. The molecule has 3 N–H and O–H groups in total. The van der Waals surface area contributed by atoms with Crippen LogP contribution in [0, 0.1) is 17.2 Å². The van der Waals surface area contributed by atoms with E-state index in [0.29, 0.717) is 42.4 Å². The summed E-state index contributed by atoms with van der Waals surface area (Å²) >= 11 is 1.13. The van der Waals surface area contributed by atoms with Gasteiger partial charge in [-0.3, -0.25) is 18.9 Å². The Kier molecular flexibility index (Phi) is 8.81. The van der Waals surface area contributed by atoms with E-state index in [-0.39, 0.29) is 40.1 Å². The lowest BCUT2D eigenvalue weighted by Crippen LogP contribution is -2.56. The number of likely N-dealkylation sites (tertiary alicyclic amines) is 1. The number of hydrogen-bond acceptors (Lipinski definition) is 6. The molecule has 10 nitrogen and oxygen atoms in total. The van der Waals surface area contributed by atoms with Crippen LogP contribution in [0.2, 0.25) is 0 Å². The first-order valence-corrected chi connectivity index (χ1v) is 17.6. The van der Waals surface area contributed by atoms with Crippen LogP contribution in [0.5, 0.6) is 0 Å². The molecule has 2 aromatic carbocycles. The van der Waals surface area contributed by atoms with E-state index < -0.39 is 31.5 Å². The van der Waals surface area contributed by atoms with E-state index in [1.807, 2.05) is 30.3 Å². The second kappa shape index (κ2) is 12.6. The summed E-state index contributed by atoms with van der Waals surface area (Å²) in [6, 6.07) is 16.1. The van der Waals surface area contributed by atoms with Crippen molar-refractivity contribution in [1.82, 2.24) is 15.1 Å². The topological polar surface area (TPSA) is 151 Å². The summed E-state index contributed by atoms with van der Waals surface area (Å²) in [5.74, 6) is -3.83. The number of amides is 3.